The van der Waals surface area contributed by atoms with Crippen molar-refractivity contribution in [2.24, 2.45) is 0 Å². The highest BCUT2D eigenvalue weighted by Crippen LogP contribution is 2.26. The van der Waals surface area contributed by atoms with Crippen molar-refractivity contribution < 1.29 is 9.90 Å². The summed E-state index contributed by atoms with van der Waals surface area (Å²) in [6.07, 6.45) is 0. The lowest BCUT2D eigenvalue weighted by Crippen LogP contribution is -2.28. The van der Waals surface area contributed by atoms with E-state index in [0.29, 0.717) is 0 Å². The second-order valence-electron chi connectivity index (χ2n) is 3.89. The third kappa shape index (κ3) is 2.08. The van der Waals surface area contributed by atoms with Crippen molar-refractivity contribution in [1.29, 1.82) is 0 Å². The van der Waals surface area contributed by atoms with Crippen LogP contribution in [0.25, 0.3) is 0 Å². The van der Waals surface area contributed by atoms with E-state index in [0.717, 1.165) is 9.13 Å². The molecule has 1 aromatic rings. The summed E-state index contributed by atoms with van der Waals surface area (Å²) >= 11 is 2.22. The molecule has 1 rings (SSSR count). The van der Waals surface area contributed by atoms with Crippen LogP contribution in [0.4, 0.5) is 0 Å². The molecule has 1 N–H and O–H groups in total. The molecule has 0 aliphatic carbocycles. The number of benzene rings is 1. The highest BCUT2D eigenvalue weighted by Gasteiger charge is 2.29. The maximum Gasteiger partial charge on any atom is 0.313 e. The lowest BCUT2D eigenvalue weighted by molar-refractivity contribution is -0.142. The number of hydrogen-bond acceptors (Lipinski definition) is 1. The Hall–Kier alpha value is -0.580. The van der Waals surface area contributed by atoms with Crippen molar-refractivity contribution in [3.05, 3.63) is 32.9 Å². The van der Waals surface area contributed by atoms with Crippen molar-refractivity contribution in [3.8, 4) is 0 Å². The maximum atomic E-state index is 11.0. The molecule has 0 saturated carbocycles. The zero-order chi connectivity index (χ0) is 10.9. The third-order valence-electron chi connectivity index (χ3n) is 2.43. The van der Waals surface area contributed by atoms with Crippen LogP contribution in [0.1, 0.15) is 25.0 Å². The number of rotatable bonds is 2. The normalized spacial score (nSPS) is 11.4. The van der Waals surface area contributed by atoms with Gasteiger partial charge in [0.2, 0.25) is 0 Å². The van der Waals surface area contributed by atoms with E-state index in [9.17, 15) is 4.79 Å². The first kappa shape index (κ1) is 11.5. The first-order valence-corrected chi connectivity index (χ1v) is 5.43. The number of aliphatic carboxylic acids is 1. The number of carboxylic acids is 1. The standard InChI is InChI=1S/C11H13IO2/c1-7-4-5-8(6-9(7)12)11(2,3)10(13)14/h4-6H,1-3H3,(H,13,14). The second-order valence-corrected chi connectivity index (χ2v) is 5.06. The minimum Gasteiger partial charge on any atom is -0.481 e. The number of aryl methyl sites for hydroxylation is 1. The molecule has 0 unspecified atom stereocenters. The summed E-state index contributed by atoms with van der Waals surface area (Å²) < 4.78 is 1.11. The lowest BCUT2D eigenvalue weighted by Gasteiger charge is -2.20. The summed E-state index contributed by atoms with van der Waals surface area (Å²) in [5, 5.41) is 9.05. The Bertz CT molecular complexity index is 370. The first-order valence-electron chi connectivity index (χ1n) is 4.35. The van der Waals surface area contributed by atoms with E-state index in [1.807, 2.05) is 25.1 Å². The molecule has 0 fully saturated rings. The van der Waals surface area contributed by atoms with E-state index in [-0.39, 0.29) is 0 Å². The van der Waals surface area contributed by atoms with Gasteiger partial charge in [0.15, 0.2) is 0 Å². The summed E-state index contributed by atoms with van der Waals surface area (Å²) in [4.78, 5) is 11.0. The Balaban J connectivity index is 3.21. The zero-order valence-corrected chi connectivity index (χ0v) is 10.6. The molecule has 76 valence electrons. The van der Waals surface area contributed by atoms with Crippen molar-refractivity contribution in [2.45, 2.75) is 26.2 Å². The molecular weight excluding hydrogens is 291 g/mol. The van der Waals surface area contributed by atoms with Crippen LogP contribution in [0.3, 0.4) is 0 Å². The Morgan fingerprint density at radius 2 is 2.00 bits per heavy atom. The minimum absolute atomic E-state index is 0.794. The highest BCUT2D eigenvalue weighted by atomic mass is 127. The van der Waals surface area contributed by atoms with E-state index >= 15 is 0 Å². The van der Waals surface area contributed by atoms with E-state index in [2.05, 4.69) is 22.6 Å². The SMILES string of the molecule is Cc1ccc(C(C)(C)C(=O)O)cc1I. The number of carbonyl (C=O) groups is 1. The van der Waals surface area contributed by atoms with Gasteiger partial charge in [-0.15, -0.1) is 0 Å². The fraction of sp³-hybridized carbons (Fsp3) is 0.364. The minimum atomic E-state index is -0.812. The summed E-state index contributed by atoms with van der Waals surface area (Å²) in [6.45, 7) is 5.45. The third-order valence-corrected chi connectivity index (χ3v) is 3.59. The van der Waals surface area contributed by atoms with Crippen LogP contribution in [0.5, 0.6) is 0 Å². The van der Waals surface area contributed by atoms with Crippen molar-refractivity contribution >= 4 is 28.6 Å². The van der Waals surface area contributed by atoms with Gasteiger partial charge in [-0.25, -0.2) is 0 Å². The van der Waals surface area contributed by atoms with E-state index in [4.69, 9.17) is 5.11 Å². The van der Waals surface area contributed by atoms with Gasteiger partial charge in [-0.2, -0.15) is 0 Å². The molecule has 2 nitrogen and oxygen atoms in total. The van der Waals surface area contributed by atoms with Crippen LogP contribution >= 0.6 is 22.6 Å². The summed E-state index contributed by atoms with van der Waals surface area (Å²) in [5.41, 5.74) is 1.21. The van der Waals surface area contributed by atoms with Gasteiger partial charge in [0, 0.05) is 3.57 Å². The molecule has 14 heavy (non-hydrogen) atoms. The van der Waals surface area contributed by atoms with Crippen LogP contribution in [0.15, 0.2) is 18.2 Å². The van der Waals surface area contributed by atoms with Crippen LogP contribution in [-0.2, 0) is 10.2 Å². The first-order chi connectivity index (χ1) is 6.35. The molecule has 3 heteroatoms. The Morgan fingerprint density at radius 1 is 1.43 bits per heavy atom. The van der Waals surface area contributed by atoms with E-state index in [1.54, 1.807) is 13.8 Å². The van der Waals surface area contributed by atoms with Crippen LogP contribution < -0.4 is 0 Å². The Morgan fingerprint density at radius 3 is 2.43 bits per heavy atom. The predicted octanol–water partition coefficient (Wildman–Crippen LogP) is 2.96. The van der Waals surface area contributed by atoms with Crippen molar-refractivity contribution in [3.63, 3.8) is 0 Å². The smallest absolute Gasteiger partial charge is 0.313 e. The molecule has 0 radical (unpaired) electrons. The number of halogens is 1. The van der Waals surface area contributed by atoms with Crippen LogP contribution in [0, 0.1) is 10.5 Å². The summed E-state index contributed by atoms with van der Waals surface area (Å²) in [6, 6.07) is 5.78. The fourth-order valence-corrected chi connectivity index (χ4v) is 1.62. The molecule has 0 saturated heterocycles. The average molecular weight is 304 g/mol. The number of carboxylic acid groups (broad SMARTS) is 1. The molecular formula is C11H13IO2. The monoisotopic (exact) mass is 304 g/mol. The second kappa shape index (κ2) is 3.88. The fourth-order valence-electron chi connectivity index (χ4n) is 1.11. The molecule has 0 aliphatic rings. The molecule has 0 heterocycles. The summed E-state index contributed by atoms with van der Waals surface area (Å²) in [5.74, 6) is -0.794. The highest BCUT2D eigenvalue weighted by molar-refractivity contribution is 14.1. The molecule has 0 bridgehead atoms. The van der Waals surface area contributed by atoms with Gasteiger partial charge in [-0.05, 0) is 60.6 Å². The van der Waals surface area contributed by atoms with E-state index < -0.39 is 11.4 Å². The molecule has 0 aromatic heterocycles. The predicted molar refractivity (Wildman–Crippen MR) is 64.6 cm³/mol. The average Bonchev–Trinajstić information content (AvgIpc) is 2.09. The van der Waals surface area contributed by atoms with Gasteiger partial charge in [0.1, 0.15) is 0 Å². The molecule has 0 amide bonds. The van der Waals surface area contributed by atoms with Gasteiger partial charge in [-0.1, -0.05) is 12.1 Å². The quantitative estimate of drug-likeness (QED) is 0.853. The topological polar surface area (TPSA) is 37.3 Å². The van der Waals surface area contributed by atoms with Crippen molar-refractivity contribution in [1.82, 2.24) is 0 Å². The van der Waals surface area contributed by atoms with Crippen molar-refractivity contribution in [2.75, 3.05) is 0 Å². The van der Waals surface area contributed by atoms with E-state index in [1.165, 1.54) is 5.56 Å². The maximum absolute atomic E-state index is 11.0. The van der Waals surface area contributed by atoms with Gasteiger partial charge in [-0.3, -0.25) is 4.79 Å². The Kier molecular flexibility index (Phi) is 3.19. The largest absolute Gasteiger partial charge is 0.481 e. The summed E-state index contributed by atoms with van der Waals surface area (Å²) in [7, 11) is 0. The Labute approximate surface area is 97.5 Å². The van der Waals surface area contributed by atoms with Gasteiger partial charge >= 0.3 is 5.97 Å². The van der Waals surface area contributed by atoms with Gasteiger partial charge in [0.05, 0.1) is 5.41 Å². The molecule has 0 atom stereocenters. The lowest BCUT2D eigenvalue weighted by atomic mass is 9.84. The molecule has 0 spiro atoms. The van der Waals surface area contributed by atoms with Gasteiger partial charge < -0.3 is 5.11 Å². The molecule has 0 aliphatic heterocycles. The zero-order valence-electron chi connectivity index (χ0n) is 8.47. The number of hydrogen-bond donors (Lipinski definition) is 1. The molecule has 1 aromatic carbocycles. The van der Waals surface area contributed by atoms with Crippen LogP contribution in [0.2, 0.25) is 0 Å². The van der Waals surface area contributed by atoms with Crippen LogP contribution in [-0.4, -0.2) is 11.1 Å². The van der Waals surface area contributed by atoms with Gasteiger partial charge in [0.25, 0.3) is 0 Å².